The molecule has 1 amide bonds. The fourth-order valence-corrected chi connectivity index (χ4v) is 2.52. The second-order valence-electron chi connectivity index (χ2n) is 5.91. The lowest BCUT2D eigenvalue weighted by Crippen LogP contribution is -2.35. The van der Waals surface area contributed by atoms with Gasteiger partial charge in [0.1, 0.15) is 5.75 Å². The van der Waals surface area contributed by atoms with E-state index in [4.69, 9.17) is 4.74 Å². The van der Waals surface area contributed by atoms with Gasteiger partial charge in [0.05, 0.1) is 5.69 Å². The smallest absolute Gasteiger partial charge is 0.264 e. The van der Waals surface area contributed by atoms with E-state index >= 15 is 0 Å². The number of nitrogens with zero attached hydrogens (tertiary/aromatic N) is 1. The summed E-state index contributed by atoms with van der Waals surface area (Å²) in [5, 5.41) is 3.22. The molecular formula is C15H22N2O2. The lowest BCUT2D eigenvalue weighted by molar-refractivity contribution is -0.120. The molecule has 0 aliphatic carbocycles. The summed E-state index contributed by atoms with van der Waals surface area (Å²) in [7, 11) is 3.76. The maximum atomic E-state index is 11.6. The van der Waals surface area contributed by atoms with E-state index in [9.17, 15) is 4.79 Å². The maximum absolute atomic E-state index is 11.6. The Balaban J connectivity index is 2.23. The summed E-state index contributed by atoms with van der Waals surface area (Å²) in [6.07, 6.45) is 0.961. The standard InChI is InChI=1S/C15H22N2O2/c1-15(2,10-16-3)8-11-5-6-13-12(7-11)17(4)14(18)9-19-13/h5-7,16H,8-10H2,1-4H3. The quantitative estimate of drug-likeness (QED) is 0.900. The highest BCUT2D eigenvalue weighted by atomic mass is 16.5. The summed E-state index contributed by atoms with van der Waals surface area (Å²) in [5.41, 5.74) is 2.28. The van der Waals surface area contributed by atoms with E-state index in [0.29, 0.717) is 0 Å². The molecule has 0 atom stereocenters. The van der Waals surface area contributed by atoms with E-state index < -0.39 is 0 Å². The van der Waals surface area contributed by atoms with Crippen LogP contribution in [-0.4, -0.2) is 33.2 Å². The minimum atomic E-state index is -0.000801. The number of hydrogen-bond donors (Lipinski definition) is 1. The van der Waals surface area contributed by atoms with Crippen LogP contribution in [0.4, 0.5) is 5.69 Å². The monoisotopic (exact) mass is 262 g/mol. The Hall–Kier alpha value is -1.55. The third-order valence-electron chi connectivity index (χ3n) is 3.45. The van der Waals surface area contributed by atoms with E-state index in [1.54, 1.807) is 11.9 Å². The summed E-state index contributed by atoms with van der Waals surface area (Å²) < 4.78 is 5.44. The molecule has 1 aromatic carbocycles. The van der Waals surface area contributed by atoms with Crippen LogP contribution in [0.3, 0.4) is 0 Å². The lowest BCUT2D eigenvalue weighted by Gasteiger charge is -2.28. The van der Waals surface area contributed by atoms with Gasteiger partial charge in [-0.25, -0.2) is 0 Å². The van der Waals surface area contributed by atoms with Gasteiger partial charge in [-0.3, -0.25) is 4.79 Å². The molecular weight excluding hydrogens is 240 g/mol. The Morgan fingerprint density at radius 2 is 2.16 bits per heavy atom. The number of carbonyl (C=O) groups is 1. The van der Waals surface area contributed by atoms with Gasteiger partial charge in [-0.2, -0.15) is 0 Å². The number of amides is 1. The summed E-state index contributed by atoms with van der Waals surface area (Å²) in [5.74, 6) is 0.788. The number of benzene rings is 1. The molecule has 1 aliphatic heterocycles. The Kier molecular flexibility index (Phi) is 3.80. The van der Waals surface area contributed by atoms with Crippen molar-refractivity contribution >= 4 is 11.6 Å². The van der Waals surface area contributed by atoms with Crippen LogP contribution in [-0.2, 0) is 11.2 Å². The molecule has 0 fully saturated rings. The van der Waals surface area contributed by atoms with Gasteiger partial charge in [0.15, 0.2) is 6.61 Å². The highest BCUT2D eigenvalue weighted by Crippen LogP contribution is 2.33. The van der Waals surface area contributed by atoms with Gasteiger partial charge in [0.2, 0.25) is 0 Å². The summed E-state index contributed by atoms with van der Waals surface area (Å²) >= 11 is 0. The van der Waals surface area contributed by atoms with Crippen LogP contribution in [0.1, 0.15) is 19.4 Å². The van der Waals surface area contributed by atoms with Crippen LogP contribution in [0, 0.1) is 5.41 Å². The third kappa shape index (κ3) is 3.07. The molecule has 104 valence electrons. The van der Waals surface area contributed by atoms with Crippen LogP contribution >= 0.6 is 0 Å². The topological polar surface area (TPSA) is 41.6 Å². The van der Waals surface area contributed by atoms with Gasteiger partial charge in [0, 0.05) is 13.6 Å². The van der Waals surface area contributed by atoms with Crippen LogP contribution in [0.2, 0.25) is 0 Å². The van der Waals surface area contributed by atoms with Crippen LogP contribution in [0.25, 0.3) is 0 Å². The van der Waals surface area contributed by atoms with E-state index in [0.717, 1.165) is 24.4 Å². The van der Waals surface area contributed by atoms with Crippen molar-refractivity contribution in [3.8, 4) is 5.75 Å². The maximum Gasteiger partial charge on any atom is 0.264 e. The Morgan fingerprint density at radius 1 is 1.42 bits per heavy atom. The van der Waals surface area contributed by atoms with Crippen LogP contribution in [0.5, 0.6) is 5.75 Å². The third-order valence-corrected chi connectivity index (χ3v) is 3.45. The van der Waals surface area contributed by atoms with Crippen LogP contribution in [0.15, 0.2) is 18.2 Å². The first-order valence-corrected chi connectivity index (χ1v) is 6.60. The first kappa shape index (κ1) is 13.9. The van der Waals surface area contributed by atoms with Crippen molar-refractivity contribution in [2.45, 2.75) is 20.3 Å². The van der Waals surface area contributed by atoms with Gasteiger partial charge >= 0.3 is 0 Å². The zero-order valence-corrected chi connectivity index (χ0v) is 12.1. The van der Waals surface area contributed by atoms with E-state index in [2.05, 4.69) is 31.3 Å². The molecule has 0 radical (unpaired) electrons. The second kappa shape index (κ2) is 5.21. The number of fused-ring (bicyclic) bond motifs is 1. The van der Waals surface area contributed by atoms with Gasteiger partial charge in [0.25, 0.3) is 5.91 Å². The number of likely N-dealkylation sites (N-methyl/N-ethyl adjacent to an activating group) is 1. The number of ether oxygens (including phenoxy) is 1. The largest absolute Gasteiger partial charge is 0.482 e. The second-order valence-corrected chi connectivity index (χ2v) is 5.91. The molecule has 0 spiro atoms. The lowest BCUT2D eigenvalue weighted by atomic mass is 9.85. The zero-order valence-electron chi connectivity index (χ0n) is 12.1. The van der Waals surface area contributed by atoms with Gasteiger partial charge in [-0.1, -0.05) is 19.9 Å². The van der Waals surface area contributed by atoms with Crippen molar-refractivity contribution in [1.29, 1.82) is 0 Å². The van der Waals surface area contributed by atoms with Gasteiger partial charge < -0.3 is 15.0 Å². The highest BCUT2D eigenvalue weighted by molar-refractivity contribution is 5.97. The number of carbonyl (C=O) groups excluding carboxylic acids is 1. The number of anilines is 1. The molecule has 2 rings (SSSR count). The first-order chi connectivity index (χ1) is 8.93. The minimum Gasteiger partial charge on any atom is -0.482 e. The molecule has 0 aromatic heterocycles. The van der Waals surface area contributed by atoms with Crippen molar-refractivity contribution < 1.29 is 9.53 Å². The normalized spacial score (nSPS) is 15.2. The molecule has 1 heterocycles. The number of rotatable bonds is 4. The molecule has 0 saturated carbocycles. The zero-order chi connectivity index (χ0) is 14.0. The van der Waals surface area contributed by atoms with Crippen molar-refractivity contribution in [2.75, 3.05) is 32.1 Å². The Bertz CT molecular complexity index is 483. The van der Waals surface area contributed by atoms with Crippen molar-refractivity contribution in [3.05, 3.63) is 23.8 Å². The average molecular weight is 262 g/mol. The Morgan fingerprint density at radius 3 is 2.84 bits per heavy atom. The molecule has 1 aliphatic rings. The van der Waals surface area contributed by atoms with Crippen molar-refractivity contribution in [3.63, 3.8) is 0 Å². The fraction of sp³-hybridized carbons (Fsp3) is 0.533. The molecule has 4 nitrogen and oxygen atoms in total. The summed E-state index contributed by atoms with van der Waals surface area (Å²) in [4.78, 5) is 13.3. The summed E-state index contributed by atoms with van der Waals surface area (Å²) in [6.45, 7) is 5.55. The van der Waals surface area contributed by atoms with E-state index in [1.165, 1.54) is 5.56 Å². The predicted molar refractivity (Wildman–Crippen MR) is 76.8 cm³/mol. The molecule has 1 aromatic rings. The molecule has 1 N–H and O–H groups in total. The molecule has 0 saturated heterocycles. The minimum absolute atomic E-state index is 0.000801. The van der Waals surface area contributed by atoms with E-state index in [1.807, 2.05) is 13.1 Å². The average Bonchev–Trinajstić information content (AvgIpc) is 2.34. The van der Waals surface area contributed by atoms with E-state index in [-0.39, 0.29) is 17.9 Å². The van der Waals surface area contributed by atoms with Gasteiger partial charge in [-0.05, 0) is 36.6 Å². The van der Waals surface area contributed by atoms with Crippen LogP contribution < -0.4 is 15.0 Å². The first-order valence-electron chi connectivity index (χ1n) is 6.60. The fourth-order valence-electron chi connectivity index (χ4n) is 2.52. The SMILES string of the molecule is CNCC(C)(C)Cc1ccc2c(c1)N(C)C(=O)CO2. The number of nitrogens with one attached hydrogen (secondary N) is 1. The molecule has 0 unspecified atom stereocenters. The predicted octanol–water partition coefficient (Wildman–Crippen LogP) is 1.83. The highest BCUT2D eigenvalue weighted by Gasteiger charge is 2.24. The summed E-state index contributed by atoms with van der Waals surface area (Å²) in [6, 6.07) is 6.10. The van der Waals surface area contributed by atoms with Crippen molar-refractivity contribution in [1.82, 2.24) is 5.32 Å². The van der Waals surface area contributed by atoms with Gasteiger partial charge in [-0.15, -0.1) is 0 Å². The molecule has 4 heteroatoms. The molecule has 19 heavy (non-hydrogen) atoms. The Labute approximate surface area is 114 Å². The molecule has 0 bridgehead atoms. The number of hydrogen-bond acceptors (Lipinski definition) is 3. The van der Waals surface area contributed by atoms with Crippen molar-refractivity contribution in [2.24, 2.45) is 5.41 Å².